The van der Waals surface area contributed by atoms with Gasteiger partial charge in [-0.1, -0.05) is 18.5 Å². The molecule has 0 spiro atoms. The van der Waals surface area contributed by atoms with E-state index in [-0.39, 0.29) is 11.9 Å². The van der Waals surface area contributed by atoms with Crippen molar-refractivity contribution in [3.8, 4) is 0 Å². The van der Waals surface area contributed by atoms with Crippen LogP contribution in [-0.4, -0.2) is 11.5 Å². The fraction of sp³-hybridized carbons (Fsp3) is 0.400. The van der Waals surface area contributed by atoms with Crippen molar-refractivity contribution in [2.45, 2.75) is 33.2 Å². The molecule has 108 valence electrons. The number of hydrogen-bond donors (Lipinski definition) is 1. The monoisotopic (exact) mass is 312 g/mol. The van der Waals surface area contributed by atoms with E-state index in [0.29, 0.717) is 5.02 Å². The predicted octanol–water partition coefficient (Wildman–Crippen LogP) is 4.64. The van der Waals surface area contributed by atoms with Crippen molar-refractivity contribution in [1.82, 2.24) is 10.3 Å². The Hall–Kier alpha value is -0.970. The van der Waals surface area contributed by atoms with E-state index in [1.165, 1.54) is 12.1 Å². The molecule has 0 radical (unpaired) electrons. The topological polar surface area (TPSA) is 24.9 Å². The highest BCUT2D eigenvalue weighted by molar-refractivity contribution is 7.11. The smallest absolute Gasteiger partial charge is 0.123 e. The molecule has 1 N–H and O–H groups in total. The molecule has 0 saturated heterocycles. The van der Waals surface area contributed by atoms with Crippen molar-refractivity contribution in [3.63, 3.8) is 0 Å². The second kappa shape index (κ2) is 6.66. The van der Waals surface area contributed by atoms with Crippen molar-refractivity contribution in [2.24, 2.45) is 0 Å². The van der Waals surface area contributed by atoms with E-state index < -0.39 is 0 Å². The molecule has 5 heteroatoms. The van der Waals surface area contributed by atoms with Crippen molar-refractivity contribution >= 4 is 22.9 Å². The molecule has 0 aliphatic carbocycles. The Morgan fingerprint density at radius 1 is 1.40 bits per heavy atom. The SMILES string of the molecule is CCCNC(c1cc(F)ccc1Cl)c1sc(C)nc1C. The highest BCUT2D eigenvalue weighted by atomic mass is 35.5. The molecule has 0 aliphatic heterocycles. The number of benzene rings is 1. The number of aromatic nitrogens is 1. The van der Waals surface area contributed by atoms with Crippen LogP contribution in [0.4, 0.5) is 4.39 Å². The molecular weight excluding hydrogens is 295 g/mol. The summed E-state index contributed by atoms with van der Waals surface area (Å²) in [6.07, 6.45) is 1.00. The third kappa shape index (κ3) is 3.37. The van der Waals surface area contributed by atoms with Crippen molar-refractivity contribution in [2.75, 3.05) is 6.54 Å². The maximum absolute atomic E-state index is 13.6. The molecule has 0 saturated carbocycles. The summed E-state index contributed by atoms with van der Waals surface area (Å²) >= 11 is 7.88. The van der Waals surface area contributed by atoms with Gasteiger partial charge in [-0.15, -0.1) is 11.3 Å². The van der Waals surface area contributed by atoms with Gasteiger partial charge in [0.15, 0.2) is 0 Å². The summed E-state index contributed by atoms with van der Waals surface area (Å²) in [5.41, 5.74) is 1.74. The van der Waals surface area contributed by atoms with Gasteiger partial charge < -0.3 is 5.32 Å². The lowest BCUT2D eigenvalue weighted by atomic mass is 10.0. The van der Waals surface area contributed by atoms with E-state index >= 15 is 0 Å². The minimum atomic E-state index is -0.272. The number of nitrogens with zero attached hydrogens (tertiary/aromatic N) is 1. The molecule has 2 aromatic rings. The summed E-state index contributed by atoms with van der Waals surface area (Å²) in [5.74, 6) is -0.272. The van der Waals surface area contributed by atoms with Gasteiger partial charge in [-0.05, 0) is 50.6 Å². The Morgan fingerprint density at radius 2 is 2.15 bits per heavy atom. The molecule has 1 aromatic carbocycles. The quantitative estimate of drug-likeness (QED) is 0.870. The van der Waals surface area contributed by atoms with Crippen molar-refractivity contribution in [3.05, 3.63) is 50.2 Å². The van der Waals surface area contributed by atoms with Crippen LogP contribution < -0.4 is 5.32 Å². The molecule has 0 fully saturated rings. The maximum Gasteiger partial charge on any atom is 0.123 e. The van der Waals surface area contributed by atoms with Crippen LogP contribution in [0, 0.1) is 19.7 Å². The Kier molecular flexibility index (Phi) is 5.13. The zero-order valence-electron chi connectivity index (χ0n) is 11.8. The minimum absolute atomic E-state index is 0.107. The number of hydrogen-bond acceptors (Lipinski definition) is 3. The first-order chi connectivity index (χ1) is 9.52. The summed E-state index contributed by atoms with van der Waals surface area (Å²) in [6, 6.07) is 4.39. The van der Waals surface area contributed by atoms with Gasteiger partial charge in [0.05, 0.1) is 16.7 Å². The van der Waals surface area contributed by atoms with Crippen LogP contribution in [0.3, 0.4) is 0 Å². The van der Waals surface area contributed by atoms with Crippen molar-refractivity contribution in [1.29, 1.82) is 0 Å². The third-order valence-corrected chi connectivity index (χ3v) is 4.55. The van der Waals surface area contributed by atoms with E-state index in [1.54, 1.807) is 17.4 Å². The van der Waals surface area contributed by atoms with Crippen LogP contribution in [-0.2, 0) is 0 Å². The van der Waals surface area contributed by atoms with Gasteiger partial charge in [-0.25, -0.2) is 9.37 Å². The first-order valence-corrected chi connectivity index (χ1v) is 7.84. The summed E-state index contributed by atoms with van der Waals surface area (Å²) in [5, 5.41) is 5.03. The molecule has 1 heterocycles. The van der Waals surface area contributed by atoms with Gasteiger partial charge in [0.1, 0.15) is 5.82 Å². The fourth-order valence-electron chi connectivity index (χ4n) is 2.18. The standard InChI is InChI=1S/C15H18ClFN2S/c1-4-7-18-14(15-9(2)19-10(3)20-15)12-8-11(17)5-6-13(12)16/h5-6,8,14,18H,4,7H2,1-3H3. The van der Waals surface area contributed by atoms with Crippen LogP contribution in [0.15, 0.2) is 18.2 Å². The fourth-order valence-corrected chi connectivity index (χ4v) is 3.43. The number of rotatable bonds is 5. The maximum atomic E-state index is 13.6. The number of aryl methyl sites for hydroxylation is 2. The predicted molar refractivity (Wildman–Crippen MR) is 83.1 cm³/mol. The lowest BCUT2D eigenvalue weighted by Crippen LogP contribution is -2.23. The molecular formula is C15H18ClFN2S. The average molecular weight is 313 g/mol. The van der Waals surface area contributed by atoms with Crippen LogP contribution in [0.1, 0.15) is 40.5 Å². The lowest BCUT2D eigenvalue weighted by molar-refractivity contribution is 0.589. The van der Waals surface area contributed by atoms with Crippen LogP contribution in [0.5, 0.6) is 0 Å². The molecule has 0 amide bonds. The van der Waals surface area contributed by atoms with E-state index in [0.717, 1.165) is 34.1 Å². The molecule has 1 atom stereocenters. The Balaban J connectivity index is 2.46. The average Bonchev–Trinajstić information content (AvgIpc) is 2.73. The summed E-state index contributed by atoms with van der Waals surface area (Å²) in [6.45, 7) is 6.90. The van der Waals surface area contributed by atoms with Gasteiger partial charge in [-0.3, -0.25) is 0 Å². The van der Waals surface area contributed by atoms with E-state index in [9.17, 15) is 4.39 Å². The van der Waals surface area contributed by atoms with E-state index in [4.69, 9.17) is 11.6 Å². The van der Waals surface area contributed by atoms with Gasteiger partial charge in [0, 0.05) is 9.90 Å². The van der Waals surface area contributed by atoms with Crippen LogP contribution in [0.25, 0.3) is 0 Å². The van der Waals surface area contributed by atoms with Gasteiger partial charge >= 0.3 is 0 Å². The normalized spacial score (nSPS) is 12.7. The zero-order chi connectivity index (χ0) is 14.7. The van der Waals surface area contributed by atoms with E-state index in [2.05, 4.69) is 17.2 Å². The molecule has 2 nitrogen and oxygen atoms in total. The highest BCUT2D eigenvalue weighted by Gasteiger charge is 2.21. The van der Waals surface area contributed by atoms with Gasteiger partial charge in [0.2, 0.25) is 0 Å². The summed E-state index contributed by atoms with van der Waals surface area (Å²) < 4.78 is 13.6. The Bertz CT molecular complexity index is 598. The Labute approximate surface area is 128 Å². The van der Waals surface area contributed by atoms with Gasteiger partial charge in [-0.2, -0.15) is 0 Å². The molecule has 0 bridgehead atoms. The summed E-state index contributed by atoms with van der Waals surface area (Å²) in [7, 11) is 0. The first-order valence-electron chi connectivity index (χ1n) is 6.65. The molecule has 1 unspecified atom stereocenters. The van der Waals surface area contributed by atoms with Crippen molar-refractivity contribution < 1.29 is 4.39 Å². The van der Waals surface area contributed by atoms with Crippen LogP contribution in [0.2, 0.25) is 5.02 Å². The van der Waals surface area contributed by atoms with Crippen LogP contribution >= 0.6 is 22.9 Å². The Morgan fingerprint density at radius 3 is 2.75 bits per heavy atom. The van der Waals surface area contributed by atoms with Gasteiger partial charge in [0.25, 0.3) is 0 Å². The number of halogens is 2. The highest BCUT2D eigenvalue weighted by Crippen LogP contribution is 2.34. The molecule has 1 aromatic heterocycles. The molecule has 20 heavy (non-hydrogen) atoms. The molecule has 0 aliphatic rings. The largest absolute Gasteiger partial charge is 0.305 e. The minimum Gasteiger partial charge on any atom is -0.305 e. The summed E-state index contributed by atoms with van der Waals surface area (Å²) in [4.78, 5) is 5.56. The number of nitrogens with one attached hydrogen (secondary N) is 1. The van der Waals surface area contributed by atoms with E-state index in [1.807, 2.05) is 13.8 Å². The second-order valence-electron chi connectivity index (χ2n) is 4.74. The number of thiazole rings is 1. The third-order valence-electron chi connectivity index (χ3n) is 3.07. The first kappa shape index (κ1) is 15.4. The zero-order valence-corrected chi connectivity index (χ0v) is 13.4. The molecule has 2 rings (SSSR count). The lowest BCUT2D eigenvalue weighted by Gasteiger charge is -2.19. The second-order valence-corrected chi connectivity index (χ2v) is 6.38.